The molecule has 2 heterocycles. The predicted molar refractivity (Wildman–Crippen MR) is 148 cm³/mol. The molecule has 6 rings (SSSR count). The Bertz CT molecular complexity index is 1550. The van der Waals surface area contributed by atoms with Crippen molar-refractivity contribution in [2.24, 2.45) is 5.41 Å². The zero-order valence-electron chi connectivity index (χ0n) is 21.2. The highest BCUT2D eigenvalue weighted by atomic mass is 19.1. The number of anilines is 5. The van der Waals surface area contributed by atoms with Gasteiger partial charge in [-0.2, -0.15) is 0 Å². The number of aromatic nitrogens is 1. The summed E-state index contributed by atoms with van der Waals surface area (Å²) in [6.07, 6.45) is 2.60. The lowest BCUT2D eigenvalue weighted by Gasteiger charge is -2.22. The van der Waals surface area contributed by atoms with Crippen molar-refractivity contribution in [1.29, 1.82) is 0 Å². The Kier molecular flexibility index (Phi) is 6.11. The number of ether oxygens (including phenoxy) is 1. The summed E-state index contributed by atoms with van der Waals surface area (Å²) >= 11 is 0. The van der Waals surface area contributed by atoms with Gasteiger partial charge in [0.25, 0.3) is 0 Å². The second-order valence-corrected chi connectivity index (χ2v) is 9.77. The van der Waals surface area contributed by atoms with Crippen molar-refractivity contribution in [3.63, 3.8) is 0 Å². The highest BCUT2D eigenvalue weighted by Crippen LogP contribution is 2.48. The molecule has 2 aliphatic rings. The van der Waals surface area contributed by atoms with E-state index in [4.69, 9.17) is 4.74 Å². The molecule has 1 aromatic heterocycles. The van der Waals surface area contributed by atoms with Crippen LogP contribution in [0, 0.1) is 11.2 Å². The number of amides is 2. The van der Waals surface area contributed by atoms with Gasteiger partial charge < -0.3 is 25.6 Å². The molecule has 0 radical (unpaired) electrons. The first-order valence-electron chi connectivity index (χ1n) is 12.6. The molecule has 8 nitrogen and oxygen atoms in total. The van der Waals surface area contributed by atoms with Crippen molar-refractivity contribution in [2.45, 2.75) is 19.4 Å². The van der Waals surface area contributed by atoms with Crippen LogP contribution in [0.4, 0.5) is 33.0 Å². The Morgan fingerprint density at radius 3 is 2.23 bits per heavy atom. The summed E-state index contributed by atoms with van der Waals surface area (Å²) in [6, 6.07) is 22.4. The van der Waals surface area contributed by atoms with Crippen LogP contribution in [-0.4, -0.2) is 23.8 Å². The van der Waals surface area contributed by atoms with Gasteiger partial charge in [0.1, 0.15) is 22.7 Å². The van der Waals surface area contributed by atoms with E-state index in [2.05, 4.69) is 31.9 Å². The van der Waals surface area contributed by atoms with E-state index in [1.165, 1.54) is 24.3 Å². The fourth-order valence-electron chi connectivity index (χ4n) is 4.67. The molecule has 1 aliphatic heterocycles. The van der Waals surface area contributed by atoms with Crippen molar-refractivity contribution in [3.05, 3.63) is 96.4 Å². The van der Waals surface area contributed by atoms with Crippen molar-refractivity contribution in [2.75, 3.05) is 27.9 Å². The summed E-state index contributed by atoms with van der Waals surface area (Å²) in [5, 5.41) is 8.96. The van der Waals surface area contributed by atoms with Crippen LogP contribution in [0.5, 0.6) is 11.5 Å². The van der Waals surface area contributed by atoms with E-state index in [0.717, 1.165) is 16.9 Å². The Balaban J connectivity index is 1.13. The van der Waals surface area contributed by atoms with E-state index < -0.39 is 17.1 Å². The van der Waals surface area contributed by atoms with Crippen molar-refractivity contribution in [1.82, 2.24) is 4.98 Å². The maximum atomic E-state index is 13.2. The zero-order chi connectivity index (χ0) is 27.0. The Morgan fingerprint density at radius 1 is 0.923 bits per heavy atom. The number of para-hydroxylation sites is 1. The minimum absolute atomic E-state index is 0.373. The van der Waals surface area contributed by atoms with Crippen LogP contribution in [0.1, 0.15) is 18.4 Å². The SMILES string of the molecule is CN1Cc2ccccc2Nc2nccc(Oc3ccc(NC(=O)C4(C(=O)Nc5ccc(F)cc5)CC4)cc3)c21. The number of hydrogen-bond acceptors (Lipinski definition) is 6. The molecule has 3 N–H and O–H groups in total. The molecule has 39 heavy (non-hydrogen) atoms. The number of pyridine rings is 1. The van der Waals surface area contributed by atoms with Gasteiger partial charge in [0.05, 0.1) is 0 Å². The van der Waals surface area contributed by atoms with Crippen molar-refractivity contribution < 1.29 is 18.7 Å². The summed E-state index contributed by atoms with van der Waals surface area (Å²) in [5.41, 5.74) is 2.87. The van der Waals surface area contributed by atoms with Gasteiger partial charge in [0, 0.05) is 42.9 Å². The van der Waals surface area contributed by atoms with Crippen molar-refractivity contribution >= 4 is 40.4 Å². The molecule has 0 unspecified atom stereocenters. The fraction of sp³-hybridized carbons (Fsp3) is 0.167. The maximum Gasteiger partial charge on any atom is 0.240 e. The van der Waals surface area contributed by atoms with Gasteiger partial charge in [-0.1, -0.05) is 18.2 Å². The highest BCUT2D eigenvalue weighted by molar-refractivity contribution is 6.16. The van der Waals surface area contributed by atoms with Crippen LogP contribution in [0.3, 0.4) is 0 Å². The average Bonchev–Trinajstić information content (AvgIpc) is 3.76. The molecule has 1 aliphatic carbocycles. The zero-order valence-corrected chi connectivity index (χ0v) is 21.2. The summed E-state index contributed by atoms with van der Waals surface area (Å²) in [7, 11) is 2.00. The van der Waals surface area contributed by atoms with Crippen LogP contribution in [0.2, 0.25) is 0 Å². The number of carbonyl (C=O) groups excluding carboxylic acids is 2. The molecule has 2 amide bonds. The minimum atomic E-state index is -1.13. The Labute approximate surface area is 224 Å². The molecule has 3 aromatic carbocycles. The number of benzene rings is 3. The number of nitrogens with zero attached hydrogens (tertiary/aromatic N) is 2. The molecule has 196 valence electrons. The third-order valence-electron chi connectivity index (χ3n) is 7.01. The molecular weight excluding hydrogens is 497 g/mol. The van der Waals surface area contributed by atoms with E-state index in [9.17, 15) is 14.0 Å². The number of nitrogens with one attached hydrogen (secondary N) is 3. The van der Waals surface area contributed by atoms with Crippen LogP contribution in [0.25, 0.3) is 0 Å². The van der Waals surface area contributed by atoms with E-state index in [1.807, 2.05) is 31.3 Å². The molecule has 0 spiro atoms. The molecule has 0 bridgehead atoms. The largest absolute Gasteiger partial charge is 0.455 e. The van der Waals surface area contributed by atoms with E-state index in [-0.39, 0.29) is 5.91 Å². The van der Waals surface area contributed by atoms with E-state index >= 15 is 0 Å². The van der Waals surface area contributed by atoms with Crippen LogP contribution < -0.4 is 25.6 Å². The first-order chi connectivity index (χ1) is 18.9. The highest BCUT2D eigenvalue weighted by Gasteiger charge is 2.56. The number of rotatable bonds is 6. The second kappa shape index (κ2) is 9.75. The monoisotopic (exact) mass is 523 g/mol. The average molecular weight is 524 g/mol. The molecule has 0 atom stereocenters. The van der Waals surface area contributed by atoms with Gasteiger partial charge in [-0.25, -0.2) is 9.37 Å². The topological polar surface area (TPSA) is 95.6 Å². The Hall–Kier alpha value is -4.92. The number of carbonyl (C=O) groups is 2. The quantitative estimate of drug-likeness (QED) is 0.266. The second-order valence-electron chi connectivity index (χ2n) is 9.77. The fourth-order valence-corrected chi connectivity index (χ4v) is 4.67. The lowest BCUT2D eigenvalue weighted by molar-refractivity contribution is -0.131. The van der Waals surface area contributed by atoms with Gasteiger partial charge in [0.15, 0.2) is 11.6 Å². The molecule has 0 saturated heterocycles. The number of hydrogen-bond donors (Lipinski definition) is 3. The first-order valence-corrected chi connectivity index (χ1v) is 12.6. The Morgan fingerprint density at radius 2 is 1.56 bits per heavy atom. The normalized spacial score (nSPS) is 14.7. The van der Waals surface area contributed by atoms with Gasteiger partial charge >= 0.3 is 0 Å². The summed E-state index contributed by atoms with van der Waals surface area (Å²) in [4.78, 5) is 32.4. The summed E-state index contributed by atoms with van der Waals surface area (Å²) < 4.78 is 19.4. The smallest absolute Gasteiger partial charge is 0.240 e. The molecule has 1 fully saturated rings. The van der Waals surface area contributed by atoms with Gasteiger partial charge in [0.2, 0.25) is 11.8 Å². The summed E-state index contributed by atoms with van der Waals surface area (Å²) in [6.45, 7) is 0.694. The lowest BCUT2D eigenvalue weighted by Crippen LogP contribution is -2.35. The van der Waals surface area contributed by atoms with E-state index in [0.29, 0.717) is 48.1 Å². The summed E-state index contributed by atoms with van der Waals surface area (Å²) in [5.74, 6) is 0.776. The lowest BCUT2D eigenvalue weighted by atomic mass is 10.0. The van der Waals surface area contributed by atoms with E-state index in [1.54, 1.807) is 30.5 Å². The van der Waals surface area contributed by atoms with Crippen LogP contribution >= 0.6 is 0 Å². The van der Waals surface area contributed by atoms with Crippen LogP contribution in [-0.2, 0) is 16.1 Å². The minimum Gasteiger partial charge on any atom is -0.455 e. The van der Waals surface area contributed by atoms with Gasteiger partial charge in [-0.3, -0.25) is 9.59 Å². The van der Waals surface area contributed by atoms with Gasteiger partial charge in [-0.05, 0) is 73.0 Å². The number of halogens is 1. The molecule has 9 heteroatoms. The standard InChI is InChI=1S/C30H26FN5O3/c1-36-18-19-4-2-3-5-24(19)35-27-26(36)25(14-17-32-27)39-23-12-10-22(11-13-23)34-29(38)30(15-16-30)28(37)33-21-8-6-20(31)7-9-21/h2-14,17H,15-16,18H2,1H3,(H,32,35)(H,33,37)(H,34,38). The van der Waals surface area contributed by atoms with Gasteiger partial charge in [-0.15, -0.1) is 0 Å². The first kappa shape index (κ1) is 24.4. The number of fused-ring (bicyclic) bond motifs is 2. The predicted octanol–water partition coefficient (Wildman–Crippen LogP) is 6.06. The van der Waals surface area contributed by atoms with Crippen molar-refractivity contribution in [3.8, 4) is 11.5 Å². The molecule has 1 saturated carbocycles. The third-order valence-corrected chi connectivity index (χ3v) is 7.01. The maximum absolute atomic E-state index is 13.2. The van der Waals surface area contributed by atoms with Crippen LogP contribution in [0.15, 0.2) is 85.1 Å². The molecule has 4 aromatic rings. The third kappa shape index (κ3) is 4.86. The molecular formula is C30H26FN5O3.